The molecular formula is C17H9Cl2F3N4O2S. The van der Waals surface area contributed by atoms with Crippen molar-refractivity contribution in [2.45, 2.75) is 6.18 Å². The topological polar surface area (TPSA) is 72.5 Å². The first-order valence-corrected chi connectivity index (χ1v) is 9.41. The van der Waals surface area contributed by atoms with Crippen LogP contribution in [-0.2, 0) is 6.18 Å². The van der Waals surface area contributed by atoms with Gasteiger partial charge >= 0.3 is 6.18 Å². The van der Waals surface area contributed by atoms with Crippen LogP contribution in [0.1, 0.15) is 5.56 Å². The van der Waals surface area contributed by atoms with Gasteiger partial charge in [-0.05, 0) is 12.1 Å². The molecule has 0 saturated heterocycles. The zero-order chi connectivity index (χ0) is 20.9. The molecular weight excluding hydrogens is 452 g/mol. The first kappa shape index (κ1) is 19.7. The molecule has 0 aliphatic carbocycles. The molecule has 0 unspecified atom stereocenters. The van der Waals surface area contributed by atoms with E-state index in [2.05, 4.69) is 15.2 Å². The standard InChI is InChI=1S/C17H9Cl2F3N4O2S/c1-28-13-2-7(17(20,21)22)5-26-6-11(23-14(13)26)16-25-24-15(29-16)8-3-10(19)12(27)4-9(8)18/h2-6,27H,1H3. The van der Waals surface area contributed by atoms with Crippen LogP contribution in [0.2, 0.25) is 10.0 Å². The number of hydrogen-bond donors (Lipinski definition) is 1. The van der Waals surface area contributed by atoms with Crippen LogP contribution in [-0.4, -0.2) is 31.8 Å². The third-order valence-corrected chi connectivity index (χ3v) is 5.57. The Hall–Kier alpha value is -2.56. The van der Waals surface area contributed by atoms with Crippen LogP contribution in [0, 0.1) is 0 Å². The third kappa shape index (κ3) is 3.59. The van der Waals surface area contributed by atoms with Gasteiger partial charge in [0.25, 0.3) is 0 Å². The van der Waals surface area contributed by atoms with Crippen molar-refractivity contribution in [2.24, 2.45) is 0 Å². The lowest BCUT2D eigenvalue weighted by molar-refractivity contribution is -0.138. The van der Waals surface area contributed by atoms with Crippen LogP contribution in [0.4, 0.5) is 13.2 Å². The monoisotopic (exact) mass is 460 g/mol. The molecule has 0 saturated carbocycles. The number of halogens is 5. The maximum absolute atomic E-state index is 13.1. The number of alkyl halides is 3. The summed E-state index contributed by atoms with van der Waals surface area (Å²) in [5, 5.41) is 18.8. The highest BCUT2D eigenvalue weighted by atomic mass is 35.5. The molecule has 0 spiro atoms. The van der Waals surface area contributed by atoms with Gasteiger partial charge in [-0.3, -0.25) is 0 Å². The molecule has 0 aliphatic heterocycles. The van der Waals surface area contributed by atoms with Gasteiger partial charge in [0.2, 0.25) is 0 Å². The molecule has 0 radical (unpaired) electrons. The number of methoxy groups -OCH3 is 1. The Morgan fingerprint density at radius 2 is 1.79 bits per heavy atom. The average Bonchev–Trinajstić information content (AvgIpc) is 3.29. The predicted molar refractivity (Wildman–Crippen MR) is 103 cm³/mol. The van der Waals surface area contributed by atoms with Crippen molar-refractivity contribution in [3.8, 4) is 32.8 Å². The Balaban J connectivity index is 1.80. The number of rotatable bonds is 3. The van der Waals surface area contributed by atoms with Gasteiger partial charge in [0, 0.05) is 24.0 Å². The first-order chi connectivity index (χ1) is 13.7. The summed E-state index contributed by atoms with van der Waals surface area (Å²) >= 11 is 13.2. The lowest BCUT2D eigenvalue weighted by Gasteiger charge is -2.09. The highest BCUT2D eigenvalue weighted by Crippen LogP contribution is 2.39. The van der Waals surface area contributed by atoms with Gasteiger partial charge in [0.15, 0.2) is 16.4 Å². The van der Waals surface area contributed by atoms with E-state index in [1.54, 1.807) is 0 Å². The molecule has 12 heteroatoms. The summed E-state index contributed by atoms with van der Waals surface area (Å²) in [5.74, 6) is -0.192. The molecule has 6 nitrogen and oxygen atoms in total. The van der Waals surface area contributed by atoms with E-state index in [9.17, 15) is 18.3 Å². The van der Waals surface area contributed by atoms with Crippen LogP contribution >= 0.6 is 34.5 Å². The number of phenols is 1. The van der Waals surface area contributed by atoms with Crippen LogP contribution < -0.4 is 4.74 Å². The van der Waals surface area contributed by atoms with Gasteiger partial charge in [-0.15, -0.1) is 10.2 Å². The molecule has 4 aromatic rings. The van der Waals surface area contributed by atoms with Gasteiger partial charge in [-0.2, -0.15) is 13.2 Å². The van der Waals surface area contributed by atoms with Crippen molar-refractivity contribution >= 4 is 40.2 Å². The Morgan fingerprint density at radius 1 is 1.07 bits per heavy atom. The summed E-state index contributed by atoms with van der Waals surface area (Å²) in [6, 6.07) is 3.62. The number of nitrogens with zero attached hydrogens (tertiary/aromatic N) is 4. The molecule has 1 N–H and O–H groups in total. The second-order valence-corrected chi connectivity index (χ2v) is 7.64. The van der Waals surface area contributed by atoms with Crippen molar-refractivity contribution in [2.75, 3.05) is 7.11 Å². The molecule has 150 valence electrons. The van der Waals surface area contributed by atoms with E-state index in [4.69, 9.17) is 27.9 Å². The Labute approximate surface area is 175 Å². The van der Waals surface area contributed by atoms with E-state index >= 15 is 0 Å². The summed E-state index contributed by atoms with van der Waals surface area (Å²) in [5.41, 5.74) is 0.110. The molecule has 3 aromatic heterocycles. The SMILES string of the molecule is COc1cc(C(F)(F)F)cn2cc(-c3nnc(-c4cc(Cl)c(O)cc4Cl)s3)nc12. The fourth-order valence-corrected chi connectivity index (χ4v) is 3.91. The van der Waals surface area contributed by atoms with Crippen molar-refractivity contribution in [3.05, 3.63) is 46.2 Å². The molecule has 3 heterocycles. The zero-order valence-corrected chi connectivity index (χ0v) is 16.7. The van der Waals surface area contributed by atoms with E-state index in [0.29, 0.717) is 21.3 Å². The maximum Gasteiger partial charge on any atom is 0.417 e. The number of hydrogen-bond acceptors (Lipinski definition) is 6. The molecule has 4 rings (SSSR count). The number of aromatic nitrogens is 4. The number of phenolic OH excluding ortho intramolecular Hbond substituents is 1. The van der Waals surface area contributed by atoms with Crippen LogP contribution in [0.25, 0.3) is 26.9 Å². The van der Waals surface area contributed by atoms with E-state index in [0.717, 1.165) is 23.6 Å². The summed E-state index contributed by atoms with van der Waals surface area (Å²) in [4.78, 5) is 4.32. The van der Waals surface area contributed by atoms with Gasteiger partial charge in [-0.25, -0.2) is 4.98 Å². The van der Waals surface area contributed by atoms with Crippen LogP contribution in [0.3, 0.4) is 0 Å². The lowest BCUT2D eigenvalue weighted by Crippen LogP contribution is -2.07. The minimum Gasteiger partial charge on any atom is -0.506 e. The van der Waals surface area contributed by atoms with Gasteiger partial charge in [-0.1, -0.05) is 34.5 Å². The van der Waals surface area contributed by atoms with Crippen LogP contribution in [0.15, 0.2) is 30.6 Å². The second kappa shape index (κ2) is 7.05. The number of pyridine rings is 1. The Bertz CT molecular complexity index is 1240. The molecule has 1 aromatic carbocycles. The number of benzene rings is 1. The maximum atomic E-state index is 13.1. The number of imidazole rings is 1. The third-order valence-electron chi connectivity index (χ3n) is 3.98. The molecule has 0 amide bonds. The lowest BCUT2D eigenvalue weighted by atomic mass is 10.2. The minimum atomic E-state index is -4.53. The smallest absolute Gasteiger partial charge is 0.417 e. The number of aromatic hydroxyl groups is 1. The molecule has 0 fully saturated rings. The first-order valence-electron chi connectivity index (χ1n) is 7.83. The largest absolute Gasteiger partial charge is 0.506 e. The fraction of sp³-hybridized carbons (Fsp3) is 0.118. The van der Waals surface area contributed by atoms with E-state index < -0.39 is 11.7 Å². The van der Waals surface area contributed by atoms with Gasteiger partial charge < -0.3 is 14.2 Å². The summed E-state index contributed by atoms with van der Waals surface area (Å²) < 4.78 is 45.6. The van der Waals surface area contributed by atoms with Crippen molar-refractivity contribution in [3.63, 3.8) is 0 Å². The fourth-order valence-electron chi connectivity index (χ4n) is 2.61. The van der Waals surface area contributed by atoms with Crippen molar-refractivity contribution < 1.29 is 23.0 Å². The number of ether oxygens (including phenoxy) is 1. The molecule has 29 heavy (non-hydrogen) atoms. The summed E-state index contributed by atoms with van der Waals surface area (Å²) in [6.45, 7) is 0. The normalized spacial score (nSPS) is 11.9. The minimum absolute atomic E-state index is 0.0239. The van der Waals surface area contributed by atoms with Gasteiger partial charge in [0.1, 0.15) is 16.5 Å². The van der Waals surface area contributed by atoms with Gasteiger partial charge in [0.05, 0.1) is 22.7 Å². The van der Waals surface area contributed by atoms with Crippen molar-refractivity contribution in [1.82, 2.24) is 19.6 Å². The highest BCUT2D eigenvalue weighted by molar-refractivity contribution is 7.18. The van der Waals surface area contributed by atoms with E-state index in [1.165, 1.54) is 29.8 Å². The molecule has 0 atom stereocenters. The van der Waals surface area contributed by atoms with E-state index in [-0.39, 0.29) is 27.2 Å². The number of fused-ring (bicyclic) bond motifs is 1. The molecule has 0 aliphatic rings. The molecule has 0 bridgehead atoms. The predicted octanol–water partition coefficient (Wildman–Crippen LogP) is 5.56. The highest BCUT2D eigenvalue weighted by Gasteiger charge is 2.32. The zero-order valence-electron chi connectivity index (χ0n) is 14.3. The summed E-state index contributed by atoms with van der Waals surface area (Å²) in [6.07, 6.45) is -2.20. The van der Waals surface area contributed by atoms with Crippen LogP contribution in [0.5, 0.6) is 11.5 Å². The van der Waals surface area contributed by atoms with Crippen molar-refractivity contribution in [1.29, 1.82) is 0 Å². The Morgan fingerprint density at radius 3 is 2.48 bits per heavy atom. The Kier molecular flexibility index (Phi) is 4.80. The summed E-state index contributed by atoms with van der Waals surface area (Å²) in [7, 11) is 1.27. The average molecular weight is 461 g/mol. The second-order valence-electron chi connectivity index (χ2n) is 5.85. The van der Waals surface area contributed by atoms with E-state index in [1.807, 2.05) is 0 Å². The quantitative estimate of drug-likeness (QED) is 0.433.